The van der Waals surface area contributed by atoms with Gasteiger partial charge in [-0.05, 0) is 49.7 Å². The lowest BCUT2D eigenvalue weighted by molar-refractivity contribution is 0.0578. The van der Waals surface area contributed by atoms with Crippen molar-refractivity contribution in [2.24, 2.45) is 0 Å². The number of piperazine rings is 1. The highest BCUT2D eigenvalue weighted by Crippen LogP contribution is 2.30. The van der Waals surface area contributed by atoms with Crippen LogP contribution in [0, 0.1) is 0 Å². The third kappa shape index (κ3) is 7.06. The molecule has 9 nitrogen and oxygen atoms in total. The molecule has 1 saturated heterocycles. The maximum Gasteiger partial charge on any atom is 0.133 e. The van der Waals surface area contributed by atoms with Crippen LogP contribution in [0.2, 0.25) is 0 Å². The Balaban J connectivity index is 1.31. The van der Waals surface area contributed by atoms with Gasteiger partial charge >= 0.3 is 0 Å². The van der Waals surface area contributed by atoms with Gasteiger partial charge in [0.1, 0.15) is 11.5 Å². The van der Waals surface area contributed by atoms with Gasteiger partial charge in [0.15, 0.2) is 0 Å². The van der Waals surface area contributed by atoms with Crippen LogP contribution in [0.5, 0.6) is 0 Å². The first-order valence-corrected chi connectivity index (χ1v) is 13.5. The molecule has 3 aromatic heterocycles. The minimum absolute atomic E-state index is 0.368. The Bertz CT molecular complexity index is 1340. The summed E-state index contributed by atoms with van der Waals surface area (Å²) in [5, 5.41) is 15.1. The average Bonchev–Trinajstić information content (AvgIpc) is 3.35. The predicted molar refractivity (Wildman–Crippen MR) is 153 cm³/mol. The minimum atomic E-state index is -0.893. The van der Waals surface area contributed by atoms with Crippen molar-refractivity contribution in [1.82, 2.24) is 29.6 Å². The largest absolute Gasteiger partial charge is 0.389 e. The molecule has 5 rings (SSSR count). The smallest absolute Gasteiger partial charge is 0.133 e. The molecule has 1 aliphatic rings. The first-order valence-electron chi connectivity index (χ1n) is 13.5. The van der Waals surface area contributed by atoms with Gasteiger partial charge in [-0.1, -0.05) is 12.1 Å². The number of rotatable bonds is 10. The summed E-state index contributed by atoms with van der Waals surface area (Å²) in [6, 6.07) is 14.5. The number of pyridine rings is 1. The van der Waals surface area contributed by atoms with E-state index >= 15 is 0 Å². The Labute approximate surface area is 230 Å². The van der Waals surface area contributed by atoms with Crippen molar-refractivity contribution in [3.8, 4) is 22.5 Å². The first-order chi connectivity index (χ1) is 18.9. The molecule has 1 aromatic carbocycles. The fourth-order valence-electron chi connectivity index (χ4n) is 4.89. The Kier molecular flexibility index (Phi) is 8.30. The van der Waals surface area contributed by atoms with Crippen molar-refractivity contribution in [1.29, 1.82) is 0 Å². The van der Waals surface area contributed by atoms with E-state index in [1.807, 2.05) is 24.4 Å². The van der Waals surface area contributed by atoms with Crippen LogP contribution in [-0.4, -0.2) is 86.8 Å². The van der Waals surface area contributed by atoms with Crippen LogP contribution in [0.25, 0.3) is 22.5 Å². The quantitative estimate of drug-likeness (QED) is 0.335. The van der Waals surface area contributed by atoms with E-state index in [4.69, 9.17) is 14.8 Å². The zero-order valence-corrected chi connectivity index (χ0v) is 23.0. The van der Waals surface area contributed by atoms with Crippen molar-refractivity contribution in [2.45, 2.75) is 32.4 Å². The second kappa shape index (κ2) is 12.0. The number of aliphatic hydroxyl groups is 1. The number of hydrogen-bond donors (Lipinski definition) is 1. The van der Waals surface area contributed by atoms with Crippen molar-refractivity contribution < 1.29 is 9.84 Å². The highest BCUT2D eigenvalue weighted by atomic mass is 16.5. The second-order valence-electron chi connectivity index (χ2n) is 10.7. The van der Waals surface area contributed by atoms with Crippen LogP contribution in [0.1, 0.15) is 25.2 Å². The van der Waals surface area contributed by atoms with Gasteiger partial charge < -0.3 is 14.7 Å². The Morgan fingerprint density at radius 1 is 1.00 bits per heavy atom. The molecule has 204 valence electrons. The van der Waals surface area contributed by atoms with Gasteiger partial charge in [0.05, 0.1) is 24.4 Å². The summed E-state index contributed by atoms with van der Waals surface area (Å²) >= 11 is 0. The molecule has 39 heavy (non-hydrogen) atoms. The SMILES string of the molecule is COCCN1CCN(c2ccc(Cc3nccc(-c4cn(CC(C)(C)O)nc4-c4cccnc4)n3)cc2)CC1. The van der Waals surface area contributed by atoms with Crippen LogP contribution in [0.4, 0.5) is 5.69 Å². The lowest BCUT2D eigenvalue weighted by atomic mass is 10.1. The van der Waals surface area contributed by atoms with E-state index in [0.29, 0.717) is 13.0 Å². The fraction of sp³-hybridized carbons (Fsp3) is 0.400. The van der Waals surface area contributed by atoms with Gasteiger partial charge in [-0.3, -0.25) is 14.6 Å². The minimum Gasteiger partial charge on any atom is -0.389 e. The monoisotopic (exact) mass is 527 g/mol. The van der Waals surface area contributed by atoms with Crippen LogP contribution >= 0.6 is 0 Å². The molecule has 0 bridgehead atoms. The number of benzene rings is 1. The van der Waals surface area contributed by atoms with E-state index in [-0.39, 0.29) is 0 Å². The number of anilines is 1. The van der Waals surface area contributed by atoms with Crippen molar-refractivity contribution in [3.63, 3.8) is 0 Å². The van der Waals surface area contributed by atoms with Gasteiger partial charge in [-0.25, -0.2) is 9.97 Å². The summed E-state index contributed by atoms with van der Waals surface area (Å²) in [6.07, 6.45) is 7.92. The number of aromatic nitrogens is 5. The summed E-state index contributed by atoms with van der Waals surface area (Å²) in [5.74, 6) is 0.749. The molecule has 0 atom stereocenters. The summed E-state index contributed by atoms with van der Waals surface area (Å²) in [4.78, 5) is 18.6. The Morgan fingerprint density at radius 2 is 1.79 bits per heavy atom. The van der Waals surface area contributed by atoms with E-state index in [1.54, 1.807) is 44.2 Å². The maximum absolute atomic E-state index is 10.4. The molecule has 0 unspecified atom stereocenters. The summed E-state index contributed by atoms with van der Waals surface area (Å²) in [5.41, 5.74) is 4.89. The lowest BCUT2D eigenvalue weighted by Crippen LogP contribution is -2.47. The molecule has 0 saturated carbocycles. The van der Waals surface area contributed by atoms with Crippen LogP contribution in [-0.2, 0) is 17.7 Å². The normalized spacial score (nSPS) is 14.6. The Hall–Kier alpha value is -3.66. The molecular weight excluding hydrogens is 490 g/mol. The third-order valence-electron chi connectivity index (χ3n) is 6.87. The summed E-state index contributed by atoms with van der Waals surface area (Å²) in [6.45, 7) is 9.84. The predicted octanol–water partition coefficient (Wildman–Crippen LogP) is 3.53. The van der Waals surface area contributed by atoms with Gasteiger partial charge in [0.2, 0.25) is 0 Å². The first kappa shape index (κ1) is 26.9. The number of ether oxygens (including phenoxy) is 1. The lowest BCUT2D eigenvalue weighted by Gasteiger charge is -2.36. The van der Waals surface area contributed by atoms with Crippen LogP contribution in [0.3, 0.4) is 0 Å². The highest BCUT2D eigenvalue weighted by molar-refractivity contribution is 5.78. The van der Waals surface area contributed by atoms with E-state index in [9.17, 15) is 5.11 Å². The van der Waals surface area contributed by atoms with Gasteiger partial charge in [-0.15, -0.1) is 0 Å². The number of nitrogens with zero attached hydrogens (tertiary/aromatic N) is 7. The van der Waals surface area contributed by atoms with Gasteiger partial charge in [0.25, 0.3) is 0 Å². The number of methoxy groups -OCH3 is 1. The molecule has 0 radical (unpaired) electrons. The van der Waals surface area contributed by atoms with Crippen LogP contribution in [0.15, 0.2) is 67.3 Å². The summed E-state index contributed by atoms with van der Waals surface area (Å²) in [7, 11) is 1.76. The zero-order valence-electron chi connectivity index (χ0n) is 23.0. The van der Waals surface area contributed by atoms with Crippen molar-refractivity contribution >= 4 is 5.69 Å². The molecule has 1 aliphatic heterocycles. The van der Waals surface area contributed by atoms with Crippen LogP contribution < -0.4 is 4.90 Å². The molecule has 1 fully saturated rings. The number of hydrogen-bond acceptors (Lipinski definition) is 8. The molecule has 0 amide bonds. The van der Waals surface area contributed by atoms with Crippen molar-refractivity contribution in [3.05, 3.63) is 78.6 Å². The highest BCUT2D eigenvalue weighted by Gasteiger charge is 2.20. The molecule has 1 N–H and O–H groups in total. The second-order valence-corrected chi connectivity index (χ2v) is 10.7. The summed E-state index contributed by atoms with van der Waals surface area (Å²) < 4.78 is 6.99. The van der Waals surface area contributed by atoms with Gasteiger partial charge in [0, 0.05) is 87.9 Å². The molecule has 0 spiro atoms. The molecule has 4 aromatic rings. The topological polar surface area (TPSA) is 92.4 Å². The van der Waals surface area contributed by atoms with E-state index in [1.165, 1.54) is 11.3 Å². The molecule has 9 heteroatoms. The average molecular weight is 528 g/mol. The molecule has 4 heterocycles. The zero-order chi connectivity index (χ0) is 27.2. The maximum atomic E-state index is 10.4. The standard InChI is InChI=1S/C30H37N7O2/c1-30(2,38)22-37-21-26(29(34-37)24-5-4-11-31-20-24)27-10-12-32-28(33-27)19-23-6-8-25(9-7-23)36-15-13-35(14-16-36)17-18-39-3/h4-12,20-21,38H,13-19,22H2,1-3H3. The van der Waals surface area contributed by atoms with E-state index < -0.39 is 5.60 Å². The fourth-order valence-corrected chi connectivity index (χ4v) is 4.89. The molecule has 0 aliphatic carbocycles. The molecular formula is C30H37N7O2. The van der Waals surface area contributed by atoms with E-state index in [0.717, 1.165) is 67.7 Å². The Morgan fingerprint density at radius 3 is 2.49 bits per heavy atom. The van der Waals surface area contributed by atoms with E-state index in [2.05, 4.69) is 44.0 Å². The van der Waals surface area contributed by atoms with Crippen molar-refractivity contribution in [2.75, 3.05) is 51.3 Å². The third-order valence-corrected chi connectivity index (χ3v) is 6.87. The van der Waals surface area contributed by atoms with Gasteiger partial charge in [-0.2, -0.15) is 5.10 Å².